The Morgan fingerprint density at radius 1 is 0.778 bits per heavy atom. The summed E-state index contributed by atoms with van der Waals surface area (Å²) in [5, 5.41) is 1.17. The number of hydrogen-bond donors (Lipinski definition) is 1. The molecular formula is C40H33N5. The Labute approximate surface area is 263 Å². The van der Waals surface area contributed by atoms with Crippen LogP contribution >= 0.6 is 0 Å². The highest BCUT2D eigenvalue weighted by molar-refractivity contribution is 6.10. The topological polar surface area (TPSA) is 58.9 Å². The van der Waals surface area contributed by atoms with Gasteiger partial charge < -0.3 is 10.6 Å². The van der Waals surface area contributed by atoms with Crippen molar-refractivity contribution in [1.29, 1.82) is 0 Å². The second-order valence-corrected chi connectivity index (χ2v) is 11.6. The molecule has 5 nitrogen and oxygen atoms in total. The van der Waals surface area contributed by atoms with Crippen LogP contribution in [0.3, 0.4) is 0 Å². The minimum atomic E-state index is -0.0691. The molecule has 2 aliphatic carbocycles. The third-order valence-electron chi connectivity index (χ3n) is 9.03. The van der Waals surface area contributed by atoms with Crippen LogP contribution in [0.25, 0.3) is 33.8 Å². The maximum atomic E-state index is 7.20. The molecule has 5 aromatic rings. The van der Waals surface area contributed by atoms with E-state index in [0.29, 0.717) is 17.6 Å². The molecule has 1 aromatic heterocycles. The molecule has 0 saturated carbocycles. The normalized spacial score (nSPS) is 18.6. The van der Waals surface area contributed by atoms with Crippen molar-refractivity contribution in [2.45, 2.75) is 24.8 Å². The molecule has 218 valence electrons. The van der Waals surface area contributed by atoms with Gasteiger partial charge in [0.05, 0.1) is 22.9 Å². The zero-order chi connectivity index (χ0) is 30.3. The highest BCUT2D eigenvalue weighted by atomic mass is 15.3. The predicted octanol–water partition coefficient (Wildman–Crippen LogP) is 8.56. The number of aliphatic imine (C=N–C) groups is 2. The molecule has 2 atom stereocenters. The molecule has 4 aromatic carbocycles. The lowest BCUT2D eigenvalue weighted by molar-refractivity contribution is 0.706. The average Bonchev–Trinajstić information content (AvgIpc) is 3.37. The number of guanidine groups is 1. The highest BCUT2D eigenvalue weighted by Crippen LogP contribution is 2.45. The summed E-state index contributed by atoms with van der Waals surface area (Å²) in [6.45, 7) is 4.37. The second-order valence-electron chi connectivity index (χ2n) is 11.6. The maximum absolute atomic E-state index is 7.20. The van der Waals surface area contributed by atoms with Crippen molar-refractivity contribution in [3.05, 3.63) is 162 Å². The zero-order valence-electron chi connectivity index (χ0n) is 24.9. The smallest absolute Gasteiger partial charge is 0.238 e. The summed E-state index contributed by atoms with van der Waals surface area (Å²) in [6, 6.07) is 35.6. The van der Waals surface area contributed by atoms with E-state index in [9.17, 15) is 0 Å². The van der Waals surface area contributed by atoms with Crippen LogP contribution in [0.15, 0.2) is 150 Å². The monoisotopic (exact) mass is 583 g/mol. The first-order chi connectivity index (χ1) is 22.2. The zero-order valence-corrected chi connectivity index (χ0v) is 24.9. The number of para-hydroxylation sites is 2. The van der Waals surface area contributed by atoms with Crippen LogP contribution in [-0.4, -0.2) is 22.5 Å². The second kappa shape index (κ2) is 11.1. The van der Waals surface area contributed by atoms with Gasteiger partial charge in [0.2, 0.25) is 11.9 Å². The summed E-state index contributed by atoms with van der Waals surface area (Å²) in [4.78, 5) is 12.6. The van der Waals surface area contributed by atoms with Crippen molar-refractivity contribution in [2.24, 2.45) is 15.7 Å². The van der Waals surface area contributed by atoms with Gasteiger partial charge in [0.1, 0.15) is 0 Å². The van der Waals surface area contributed by atoms with E-state index in [1.807, 2.05) is 30.3 Å². The maximum Gasteiger partial charge on any atom is 0.238 e. The van der Waals surface area contributed by atoms with E-state index in [-0.39, 0.29) is 12.0 Å². The van der Waals surface area contributed by atoms with E-state index in [2.05, 4.69) is 125 Å². The van der Waals surface area contributed by atoms with E-state index in [1.165, 1.54) is 27.8 Å². The van der Waals surface area contributed by atoms with Gasteiger partial charge in [-0.3, -0.25) is 4.57 Å². The fraction of sp³-hybridized carbons (Fsp3) is 0.100. The summed E-state index contributed by atoms with van der Waals surface area (Å²) >= 11 is 0. The van der Waals surface area contributed by atoms with Crippen molar-refractivity contribution in [2.75, 3.05) is 4.90 Å². The third kappa shape index (κ3) is 4.56. The van der Waals surface area contributed by atoms with E-state index in [4.69, 9.17) is 15.7 Å². The SMILES string of the molecule is C=C(/N=C(\N=C(/N)N1c2ccccc2-c2ccccc2C2C=CC=CC21)n1c2c(c3ccccc31)C=CCC2)c1ccccc1. The van der Waals surface area contributed by atoms with Gasteiger partial charge in [-0.2, -0.15) is 4.99 Å². The van der Waals surface area contributed by atoms with Crippen molar-refractivity contribution in [1.82, 2.24) is 4.57 Å². The molecule has 8 rings (SSSR count). The first-order valence-electron chi connectivity index (χ1n) is 15.5. The molecule has 3 aliphatic rings. The molecule has 5 heteroatoms. The van der Waals surface area contributed by atoms with Crippen LogP contribution < -0.4 is 10.6 Å². The van der Waals surface area contributed by atoms with Crippen molar-refractivity contribution in [3.63, 3.8) is 0 Å². The molecule has 0 bridgehead atoms. The number of allylic oxidation sites excluding steroid dienone is 3. The van der Waals surface area contributed by atoms with Gasteiger partial charge in [-0.05, 0) is 41.7 Å². The van der Waals surface area contributed by atoms with E-state index >= 15 is 0 Å². The van der Waals surface area contributed by atoms with Gasteiger partial charge in [-0.15, -0.1) is 0 Å². The Balaban J connectivity index is 1.36. The quantitative estimate of drug-likeness (QED) is 0.167. The Morgan fingerprint density at radius 3 is 2.40 bits per heavy atom. The predicted molar refractivity (Wildman–Crippen MR) is 188 cm³/mol. The highest BCUT2D eigenvalue weighted by Gasteiger charge is 2.35. The van der Waals surface area contributed by atoms with Gasteiger partial charge in [0, 0.05) is 28.1 Å². The Morgan fingerprint density at radius 2 is 1.51 bits per heavy atom. The number of rotatable bonds is 2. The summed E-state index contributed by atoms with van der Waals surface area (Å²) in [7, 11) is 0. The van der Waals surface area contributed by atoms with Crippen molar-refractivity contribution >= 4 is 40.3 Å². The average molecular weight is 584 g/mol. The van der Waals surface area contributed by atoms with Gasteiger partial charge in [0.15, 0.2) is 0 Å². The molecule has 0 amide bonds. The third-order valence-corrected chi connectivity index (χ3v) is 9.03. The largest absolute Gasteiger partial charge is 0.369 e. The molecule has 0 fully saturated rings. The summed E-state index contributed by atoms with van der Waals surface area (Å²) < 4.78 is 2.18. The standard InChI is InChI=1S/C40H33N5/c1-27(28-15-3-2-4-16-28)42-40(45-37-25-13-9-21-33(37)34-22-10-14-26-38(34)45)43-39(41)44-35-23-11-7-19-31(35)29-17-5-6-18-30(29)32-20-8-12-24-36(32)44/h2-13,15-25,31,35H,1,14,26H2,(H2,41,42,43). The van der Waals surface area contributed by atoms with Crippen molar-refractivity contribution in [3.8, 4) is 11.1 Å². The molecule has 2 heterocycles. The Bertz CT molecular complexity index is 2110. The molecule has 2 N–H and O–H groups in total. The minimum Gasteiger partial charge on any atom is -0.369 e. The lowest BCUT2D eigenvalue weighted by Crippen LogP contribution is -2.47. The number of hydrogen-bond acceptors (Lipinski definition) is 1. The van der Waals surface area contributed by atoms with E-state index in [0.717, 1.165) is 35.2 Å². The molecule has 45 heavy (non-hydrogen) atoms. The number of aromatic nitrogens is 1. The first-order valence-corrected chi connectivity index (χ1v) is 15.5. The first kappa shape index (κ1) is 26.9. The van der Waals surface area contributed by atoms with Crippen LogP contribution in [0.4, 0.5) is 5.69 Å². The number of fused-ring (bicyclic) bond motifs is 8. The van der Waals surface area contributed by atoms with Crippen molar-refractivity contribution < 1.29 is 0 Å². The molecular weight excluding hydrogens is 550 g/mol. The fourth-order valence-electron chi connectivity index (χ4n) is 7.01. The van der Waals surface area contributed by atoms with Gasteiger partial charge in [-0.1, -0.05) is 134 Å². The molecule has 0 saturated heterocycles. The molecule has 0 spiro atoms. The summed E-state index contributed by atoms with van der Waals surface area (Å²) in [5.41, 5.74) is 16.8. The molecule has 1 aliphatic heterocycles. The number of benzene rings is 4. The molecule has 0 radical (unpaired) electrons. The summed E-state index contributed by atoms with van der Waals surface area (Å²) in [5.74, 6) is 0.972. The lowest BCUT2D eigenvalue weighted by Gasteiger charge is -2.35. The van der Waals surface area contributed by atoms with Gasteiger partial charge in [-0.25, -0.2) is 4.99 Å². The van der Waals surface area contributed by atoms with Crippen LogP contribution in [0.5, 0.6) is 0 Å². The van der Waals surface area contributed by atoms with Gasteiger partial charge >= 0.3 is 0 Å². The van der Waals surface area contributed by atoms with Crippen LogP contribution in [0.1, 0.15) is 34.7 Å². The Kier molecular flexibility index (Phi) is 6.64. The van der Waals surface area contributed by atoms with Crippen LogP contribution in [0, 0.1) is 0 Å². The number of nitrogens with two attached hydrogens (primary N) is 1. The van der Waals surface area contributed by atoms with E-state index in [1.54, 1.807) is 0 Å². The fourth-order valence-corrected chi connectivity index (χ4v) is 7.01. The van der Waals surface area contributed by atoms with E-state index < -0.39 is 0 Å². The number of anilines is 1. The number of nitrogens with zero attached hydrogens (tertiary/aromatic N) is 4. The molecule has 2 unspecified atom stereocenters. The van der Waals surface area contributed by atoms with Crippen LogP contribution in [0.2, 0.25) is 0 Å². The Hall–Kier alpha value is -5.68. The summed E-state index contributed by atoms with van der Waals surface area (Å²) in [6.07, 6.45) is 15.0. The lowest BCUT2D eigenvalue weighted by atomic mass is 9.85. The minimum absolute atomic E-state index is 0.0691. The van der Waals surface area contributed by atoms with Crippen LogP contribution in [-0.2, 0) is 6.42 Å². The van der Waals surface area contributed by atoms with Gasteiger partial charge in [0.25, 0.3) is 0 Å².